The molecule has 0 aliphatic carbocycles. The van der Waals surface area contributed by atoms with Crippen LogP contribution in [0.5, 0.6) is 0 Å². The van der Waals surface area contributed by atoms with Crippen LogP contribution in [0.2, 0.25) is 0 Å². The van der Waals surface area contributed by atoms with E-state index in [2.05, 4.69) is 26.1 Å². The third-order valence-corrected chi connectivity index (χ3v) is 3.83. The van der Waals surface area contributed by atoms with E-state index >= 15 is 0 Å². The van der Waals surface area contributed by atoms with Gasteiger partial charge in [0, 0.05) is 17.9 Å². The van der Waals surface area contributed by atoms with Crippen molar-refractivity contribution in [1.82, 2.24) is 10.2 Å². The van der Waals surface area contributed by atoms with E-state index in [0.29, 0.717) is 27.8 Å². The minimum Gasteiger partial charge on any atom is -0.345 e. The van der Waals surface area contributed by atoms with Crippen molar-refractivity contribution in [3.63, 3.8) is 0 Å². The van der Waals surface area contributed by atoms with Crippen molar-refractivity contribution < 1.29 is 13.2 Å². The van der Waals surface area contributed by atoms with E-state index in [1.54, 1.807) is 0 Å². The Hall–Kier alpha value is -0.370. The highest BCUT2D eigenvalue weighted by molar-refractivity contribution is 9.09. The lowest BCUT2D eigenvalue weighted by molar-refractivity contribution is -0.138. The minimum absolute atomic E-state index is 0.329. The second-order valence-electron chi connectivity index (χ2n) is 3.22. The zero-order chi connectivity index (χ0) is 11.1. The van der Waals surface area contributed by atoms with Gasteiger partial charge in [-0.25, -0.2) is 0 Å². The Morgan fingerprint density at radius 3 is 2.60 bits per heavy atom. The van der Waals surface area contributed by atoms with Crippen LogP contribution in [0.15, 0.2) is 0 Å². The zero-order valence-corrected chi connectivity index (χ0v) is 9.86. The molecule has 0 saturated carbocycles. The normalized spacial score (nSPS) is 22.4. The molecule has 1 unspecified atom stereocenters. The van der Waals surface area contributed by atoms with E-state index in [4.69, 9.17) is 0 Å². The van der Waals surface area contributed by atoms with Gasteiger partial charge in [0.2, 0.25) is 10.1 Å². The highest BCUT2D eigenvalue weighted by Gasteiger charge is 2.36. The molecule has 84 valence electrons. The summed E-state index contributed by atoms with van der Waals surface area (Å²) in [6.45, 7) is 1.41. The van der Waals surface area contributed by atoms with Crippen LogP contribution >= 0.6 is 27.3 Å². The van der Waals surface area contributed by atoms with Gasteiger partial charge < -0.3 is 4.90 Å². The number of anilines is 1. The van der Waals surface area contributed by atoms with Crippen LogP contribution in [0.1, 0.15) is 11.4 Å². The predicted octanol–water partition coefficient (Wildman–Crippen LogP) is 2.53. The van der Waals surface area contributed by atoms with Crippen molar-refractivity contribution >= 4 is 32.4 Å². The Bertz CT molecular complexity index is 353. The first-order chi connectivity index (χ1) is 6.97. The molecule has 2 heterocycles. The summed E-state index contributed by atoms with van der Waals surface area (Å²) in [7, 11) is 0. The first-order valence-corrected chi connectivity index (χ1v) is 6.00. The molecular weight excluding hydrogens is 295 g/mol. The van der Waals surface area contributed by atoms with Gasteiger partial charge in [0.15, 0.2) is 0 Å². The summed E-state index contributed by atoms with van der Waals surface area (Å²) in [5.41, 5.74) is 0. The standard InChI is InChI=1S/C7H7BrF3N3S/c8-4-1-2-14(3-4)6-13-12-5(15-6)7(9,10)11/h4H,1-3H2. The van der Waals surface area contributed by atoms with Crippen molar-refractivity contribution in [2.75, 3.05) is 18.0 Å². The summed E-state index contributed by atoms with van der Waals surface area (Å²) in [4.78, 5) is 2.14. The van der Waals surface area contributed by atoms with E-state index in [-0.39, 0.29) is 0 Å². The van der Waals surface area contributed by atoms with E-state index in [1.807, 2.05) is 4.90 Å². The molecule has 0 spiro atoms. The summed E-state index contributed by atoms with van der Waals surface area (Å²) in [6, 6.07) is 0. The molecular formula is C7H7BrF3N3S. The number of rotatable bonds is 1. The molecule has 0 N–H and O–H groups in total. The number of nitrogens with zero attached hydrogens (tertiary/aromatic N) is 3. The molecule has 8 heteroatoms. The minimum atomic E-state index is -4.39. The van der Waals surface area contributed by atoms with Crippen molar-refractivity contribution in [3.05, 3.63) is 5.01 Å². The lowest BCUT2D eigenvalue weighted by Crippen LogP contribution is -2.19. The molecule has 1 aliphatic heterocycles. The van der Waals surface area contributed by atoms with Gasteiger partial charge in [-0.15, -0.1) is 10.2 Å². The van der Waals surface area contributed by atoms with Gasteiger partial charge in [-0.2, -0.15) is 13.2 Å². The van der Waals surface area contributed by atoms with Gasteiger partial charge in [0.1, 0.15) is 0 Å². The molecule has 1 aromatic heterocycles. The maximum absolute atomic E-state index is 12.2. The fourth-order valence-corrected chi connectivity index (χ4v) is 2.65. The van der Waals surface area contributed by atoms with E-state index in [1.165, 1.54) is 0 Å². The number of alkyl halides is 4. The molecule has 1 aliphatic rings. The molecule has 0 aromatic carbocycles. The second kappa shape index (κ2) is 3.89. The summed E-state index contributed by atoms with van der Waals surface area (Å²) >= 11 is 4.01. The molecule has 1 fully saturated rings. The van der Waals surface area contributed by atoms with Gasteiger partial charge in [0.05, 0.1) is 0 Å². The third-order valence-electron chi connectivity index (χ3n) is 2.06. The molecule has 0 amide bonds. The lowest BCUT2D eigenvalue weighted by atomic mass is 10.4. The Morgan fingerprint density at radius 2 is 2.13 bits per heavy atom. The molecule has 1 aromatic rings. The van der Waals surface area contributed by atoms with Gasteiger partial charge in [0.25, 0.3) is 0 Å². The van der Waals surface area contributed by atoms with Gasteiger partial charge in [-0.1, -0.05) is 27.3 Å². The molecule has 0 bridgehead atoms. The van der Waals surface area contributed by atoms with Crippen molar-refractivity contribution in [2.45, 2.75) is 17.4 Å². The van der Waals surface area contributed by atoms with E-state index in [0.717, 1.165) is 13.0 Å². The average Bonchev–Trinajstić information content (AvgIpc) is 2.69. The summed E-state index contributed by atoms with van der Waals surface area (Å²) in [5.74, 6) is 0. The number of halogens is 4. The highest BCUT2D eigenvalue weighted by atomic mass is 79.9. The van der Waals surface area contributed by atoms with Crippen LogP contribution in [0.4, 0.5) is 18.3 Å². The summed E-state index contributed by atoms with van der Waals surface area (Å²) < 4.78 is 36.7. The number of aromatic nitrogens is 2. The molecule has 3 nitrogen and oxygen atoms in total. The molecule has 1 atom stereocenters. The Morgan fingerprint density at radius 1 is 1.40 bits per heavy atom. The second-order valence-corrected chi connectivity index (χ2v) is 5.47. The third kappa shape index (κ3) is 2.41. The van der Waals surface area contributed by atoms with Gasteiger partial charge in [-0.3, -0.25) is 0 Å². The Balaban J connectivity index is 2.14. The van der Waals surface area contributed by atoms with Gasteiger partial charge in [-0.05, 0) is 6.42 Å². The monoisotopic (exact) mass is 301 g/mol. The first kappa shape index (κ1) is 11.1. The largest absolute Gasteiger partial charge is 0.445 e. The topological polar surface area (TPSA) is 29.0 Å². The fraction of sp³-hybridized carbons (Fsp3) is 0.714. The molecule has 1 saturated heterocycles. The number of hydrogen-bond donors (Lipinski definition) is 0. The van der Waals surface area contributed by atoms with Crippen LogP contribution in [-0.4, -0.2) is 28.1 Å². The Kier molecular flexibility index (Phi) is 2.89. The van der Waals surface area contributed by atoms with Crippen LogP contribution < -0.4 is 4.90 Å². The van der Waals surface area contributed by atoms with E-state index < -0.39 is 11.2 Å². The summed E-state index contributed by atoms with van der Waals surface area (Å²) in [6.07, 6.45) is -3.47. The van der Waals surface area contributed by atoms with Gasteiger partial charge >= 0.3 is 6.18 Å². The Labute approximate surface area is 96.4 Å². The maximum Gasteiger partial charge on any atom is 0.445 e. The van der Waals surface area contributed by atoms with Crippen molar-refractivity contribution in [3.8, 4) is 0 Å². The molecule has 2 rings (SSSR count). The zero-order valence-electron chi connectivity index (χ0n) is 7.46. The van der Waals surface area contributed by atoms with Crippen molar-refractivity contribution in [2.24, 2.45) is 0 Å². The number of hydrogen-bond acceptors (Lipinski definition) is 4. The average molecular weight is 302 g/mol. The van der Waals surface area contributed by atoms with E-state index in [9.17, 15) is 13.2 Å². The van der Waals surface area contributed by atoms with Crippen LogP contribution in [-0.2, 0) is 6.18 Å². The smallest absolute Gasteiger partial charge is 0.345 e. The molecule has 0 radical (unpaired) electrons. The lowest BCUT2D eigenvalue weighted by Gasteiger charge is -2.11. The summed E-state index contributed by atoms with van der Waals surface area (Å²) in [5, 5.41) is 6.17. The molecule has 15 heavy (non-hydrogen) atoms. The highest BCUT2D eigenvalue weighted by Crippen LogP contribution is 2.35. The predicted molar refractivity (Wildman–Crippen MR) is 54.5 cm³/mol. The SMILES string of the molecule is FC(F)(F)c1nnc(N2CCC(Br)C2)s1. The fourth-order valence-electron chi connectivity index (χ4n) is 1.35. The first-order valence-electron chi connectivity index (χ1n) is 4.26. The quantitative estimate of drug-likeness (QED) is 0.747. The van der Waals surface area contributed by atoms with Crippen LogP contribution in [0.3, 0.4) is 0 Å². The van der Waals surface area contributed by atoms with Crippen molar-refractivity contribution in [1.29, 1.82) is 0 Å². The van der Waals surface area contributed by atoms with Crippen LogP contribution in [0.25, 0.3) is 0 Å². The van der Waals surface area contributed by atoms with Crippen LogP contribution in [0, 0.1) is 0 Å². The maximum atomic E-state index is 12.2.